The molecule has 20 heavy (non-hydrogen) atoms. The summed E-state index contributed by atoms with van der Waals surface area (Å²) in [5, 5.41) is 11.0. The van der Waals surface area contributed by atoms with Crippen molar-refractivity contribution < 1.29 is 13.5 Å². The second kappa shape index (κ2) is 5.66. The van der Waals surface area contributed by atoms with Crippen molar-refractivity contribution in [3.05, 3.63) is 11.6 Å². The fraction of sp³-hybridized carbons (Fsp3) is 0.500. The molecule has 0 aliphatic rings. The van der Waals surface area contributed by atoms with Crippen LogP contribution in [0.5, 0.6) is 0 Å². The Bertz CT molecular complexity index is 691. The number of imidazole rings is 1. The van der Waals surface area contributed by atoms with Crippen LogP contribution in [0.1, 0.15) is 13.3 Å². The van der Waals surface area contributed by atoms with E-state index in [1.54, 1.807) is 18.5 Å². The van der Waals surface area contributed by atoms with Crippen molar-refractivity contribution in [1.29, 1.82) is 0 Å². The molecule has 2 rings (SSSR count). The Hall–Kier alpha value is -1.20. The molecule has 2 aromatic rings. The second-order valence-electron chi connectivity index (χ2n) is 4.43. The van der Waals surface area contributed by atoms with Gasteiger partial charge in [0.2, 0.25) is 5.03 Å². The lowest BCUT2D eigenvalue weighted by atomic mass is 10.3. The summed E-state index contributed by atoms with van der Waals surface area (Å²) in [5.41, 5.74) is 2.32. The summed E-state index contributed by atoms with van der Waals surface area (Å²) in [5.74, 6) is 5.46. The Kier molecular flexibility index (Phi) is 4.30. The number of hydrogen-bond donors (Lipinski definition) is 3. The van der Waals surface area contributed by atoms with E-state index in [9.17, 15) is 13.5 Å². The molecule has 0 saturated heterocycles. The van der Waals surface area contributed by atoms with Crippen molar-refractivity contribution in [3.8, 4) is 0 Å². The number of nitrogens with zero attached hydrogens (tertiary/aromatic N) is 3. The third kappa shape index (κ3) is 2.65. The Labute approximate surface area is 120 Å². The third-order valence-electron chi connectivity index (χ3n) is 2.87. The minimum atomic E-state index is -3.74. The number of nitrogens with one attached hydrogen (secondary N) is 1. The molecule has 10 heteroatoms. The normalized spacial score (nSPS) is 14.1. The summed E-state index contributed by atoms with van der Waals surface area (Å²) in [6, 6.07) is 0. The fourth-order valence-corrected chi connectivity index (χ4v) is 3.90. The van der Waals surface area contributed by atoms with E-state index in [2.05, 4.69) is 10.4 Å². The van der Waals surface area contributed by atoms with E-state index in [4.69, 9.17) is 5.84 Å². The fourth-order valence-electron chi connectivity index (χ4n) is 1.74. The molecule has 2 aromatic heterocycles. The molecule has 4 N–H and O–H groups in total. The number of sulfonamides is 1. The molecule has 8 nitrogen and oxygen atoms in total. The molecular formula is C10H17N5O3S2. The maximum atomic E-state index is 12.6. The lowest BCUT2D eigenvalue weighted by molar-refractivity contribution is 0.177. The van der Waals surface area contributed by atoms with Crippen LogP contribution in [-0.4, -0.2) is 46.9 Å². The molecular weight excluding hydrogens is 302 g/mol. The van der Waals surface area contributed by atoms with Gasteiger partial charge in [-0.05, 0) is 13.3 Å². The number of thiazole rings is 1. The van der Waals surface area contributed by atoms with Gasteiger partial charge in [0.25, 0.3) is 10.0 Å². The molecule has 0 aliphatic heterocycles. The summed E-state index contributed by atoms with van der Waals surface area (Å²) < 4.78 is 27.8. The molecule has 0 aromatic carbocycles. The van der Waals surface area contributed by atoms with Crippen LogP contribution < -0.4 is 11.3 Å². The summed E-state index contributed by atoms with van der Waals surface area (Å²) in [6.07, 6.45) is 1.42. The highest BCUT2D eigenvalue weighted by Crippen LogP contribution is 2.27. The number of fused-ring (bicyclic) bond motifs is 1. The highest BCUT2D eigenvalue weighted by molar-refractivity contribution is 7.89. The van der Waals surface area contributed by atoms with Gasteiger partial charge in [0.1, 0.15) is 0 Å². The maximum Gasteiger partial charge on any atom is 0.262 e. The highest BCUT2D eigenvalue weighted by Gasteiger charge is 2.29. The minimum Gasteiger partial charge on any atom is -0.393 e. The number of anilines is 1. The van der Waals surface area contributed by atoms with Gasteiger partial charge in [-0.3, -0.25) is 4.40 Å². The molecule has 0 aliphatic carbocycles. The monoisotopic (exact) mass is 319 g/mol. The predicted molar refractivity (Wildman–Crippen MR) is 77.0 cm³/mol. The van der Waals surface area contributed by atoms with E-state index in [-0.39, 0.29) is 17.4 Å². The maximum absolute atomic E-state index is 12.6. The summed E-state index contributed by atoms with van der Waals surface area (Å²) in [6.45, 7) is 1.82. The number of rotatable bonds is 6. The van der Waals surface area contributed by atoms with E-state index in [0.717, 1.165) is 0 Å². The Morgan fingerprint density at radius 1 is 1.65 bits per heavy atom. The van der Waals surface area contributed by atoms with Crippen LogP contribution in [0.25, 0.3) is 4.96 Å². The van der Waals surface area contributed by atoms with Gasteiger partial charge in [-0.25, -0.2) is 14.3 Å². The first-order chi connectivity index (χ1) is 9.37. The van der Waals surface area contributed by atoms with E-state index in [1.807, 2.05) is 0 Å². The molecule has 0 fully saturated rings. The third-order valence-corrected chi connectivity index (χ3v) is 5.51. The minimum absolute atomic E-state index is 0.00402. The van der Waals surface area contributed by atoms with Crippen LogP contribution >= 0.6 is 11.3 Å². The van der Waals surface area contributed by atoms with Crippen LogP contribution in [0.3, 0.4) is 0 Å². The van der Waals surface area contributed by atoms with Gasteiger partial charge in [-0.15, -0.1) is 11.3 Å². The average molecular weight is 319 g/mol. The van der Waals surface area contributed by atoms with Crippen LogP contribution in [0.15, 0.2) is 16.6 Å². The Morgan fingerprint density at radius 2 is 2.35 bits per heavy atom. The van der Waals surface area contributed by atoms with Crippen molar-refractivity contribution in [1.82, 2.24) is 13.7 Å². The first kappa shape index (κ1) is 15.2. The first-order valence-electron chi connectivity index (χ1n) is 5.94. The zero-order valence-corrected chi connectivity index (χ0v) is 12.8. The van der Waals surface area contributed by atoms with Gasteiger partial charge in [-0.2, -0.15) is 9.29 Å². The number of aromatic nitrogens is 2. The number of nitrogens with two attached hydrogens (primary N) is 1. The van der Waals surface area contributed by atoms with E-state index < -0.39 is 16.1 Å². The number of aliphatic hydroxyl groups excluding tert-OH is 1. The average Bonchev–Trinajstić information content (AvgIpc) is 2.94. The van der Waals surface area contributed by atoms with E-state index in [1.165, 1.54) is 27.1 Å². The van der Waals surface area contributed by atoms with E-state index >= 15 is 0 Å². The molecule has 2 heterocycles. The summed E-state index contributed by atoms with van der Waals surface area (Å²) in [7, 11) is -2.28. The number of hydrogen-bond acceptors (Lipinski definition) is 7. The van der Waals surface area contributed by atoms with Crippen molar-refractivity contribution >= 4 is 32.1 Å². The predicted octanol–water partition coefficient (Wildman–Crippen LogP) is 0.0728. The van der Waals surface area contributed by atoms with Crippen molar-refractivity contribution in [2.75, 3.05) is 19.0 Å². The van der Waals surface area contributed by atoms with Crippen LogP contribution in [-0.2, 0) is 10.0 Å². The quantitative estimate of drug-likeness (QED) is 0.513. The lowest BCUT2D eigenvalue weighted by Crippen LogP contribution is -2.31. The molecule has 0 amide bonds. The summed E-state index contributed by atoms with van der Waals surface area (Å²) >= 11 is 1.32. The topological polar surface area (TPSA) is 113 Å². The van der Waals surface area contributed by atoms with Gasteiger partial charge in [0, 0.05) is 25.2 Å². The first-order valence-corrected chi connectivity index (χ1v) is 8.26. The molecule has 0 radical (unpaired) electrons. The van der Waals surface area contributed by atoms with Crippen LogP contribution in [0.2, 0.25) is 0 Å². The highest BCUT2D eigenvalue weighted by atomic mass is 32.2. The molecule has 0 saturated carbocycles. The SMILES string of the molecule is CC(O)CCN(C)S(=O)(=O)c1c(NN)nc2sccn12. The van der Waals surface area contributed by atoms with Crippen molar-refractivity contribution in [2.24, 2.45) is 5.84 Å². The Balaban J connectivity index is 2.42. The lowest BCUT2D eigenvalue weighted by Gasteiger charge is -2.18. The van der Waals surface area contributed by atoms with Gasteiger partial charge >= 0.3 is 0 Å². The van der Waals surface area contributed by atoms with Gasteiger partial charge in [0.15, 0.2) is 10.8 Å². The van der Waals surface area contributed by atoms with Gasteiger partial charge in [0.05, 0.1) is 6.10 Å². The van der Waals surface area contributed by atoms with Gasteiger partial charge in [-0.1, -0.05) is 0 Å². The molecule has 1 unspecified atom stereocenters. The van der Waals surface area contributed by atoms with Crippen LogP contribution in [0, 0.1) is 0 Å². The van der Waals surface area contributed by atoms with Gasteiger partial charge < -0.3 is 10.5 Å². The number of hydrazine groups is 1. The second-order valence-corrected chi connectivity index (χ2v) is 7.26. The van der Waals surface area contributed by atoms with Crippen molar-refractivity contribution in [3.63, 3.8) is 0 Å². The largest absolute Gasteiger partial charge is 0.393 e. The number of nitrogen functional groups attached to an aromatic ring is 1. The number of aliphatic hydroxyl groups is 1. The Morgan fingerprint density at radius 3 is 2.95 bits per heavy atom. The zero-order chi connectivity index (χ0) is 14.9. The molecule has 0 spiro atoms. The standard InChI is InChI=1S/C10H17N5O3S2/c1-7(16)3-4-14(2)20(17,18)9-8(13-11)12-10-15(9)5-6-19-10/h5-7,13,16H,3-4,11H2,1-2H3. The summed E-state index contributed by atoms with van der Waals surface area (Å²) in [4.78, 5) is 4.67. The molecule has 1 atom stereocenters. The zero-order valence-electron chi connectivity index (χ0n) is 11.1. The van der Waals surface area contributed by atoms with E-state index in [0.29, 0.717) is 11.4 Å². The molecule has 0 bridgehead atoms. The molecule has 112 valence electrons. The smallest absolute Gasteiger partial charge is 0.262 e. The van der Waals surface area contributed by atoms with Crippen LogP contribution in [0.4, 0.5) is 5.82 Å². The van der Waals surface area contributed by atoms with Crippen molar-refractivity contribution in [2.45, 2.75) is 24.5 Å².